The predicted octanol–water partition coefficient (Wildman–Crippen LogP) is 1.74. The van der Waals surface area contributed by atoms with Crippen molar-refractivity contribution in [3.63, 3.8) is 0 Å². The number of carbonyl (C=O) groups is 1. The van der Waals surface area contributed by atoms with E-state index in [0.29, 0.717) is 17.8 Å². The van der Waals surface area contributed by atoms with Crippen molar-refractivity contribution >= 4 is 5.78 Å². The van der Waals surface area contributed by atoms with Gasteiger partial charge in [0.2, 0.25) is 0 Å². The van der Waals surface area contributed by atoms with Gasteiger partial charge in [-0.25, -0.2) is 9.97 Å². The summed E-state index contributed by atoms with van der Waals surface area (Å²) < 4.78 is 5.61. The largest absolute Gasteiger partial charge is 0.375 e. The minimum absolute atomic E-state index is 0.0364. The van der Waals surface area contributed by atoms with Crippen LogP contribution in [0.3, 0.4) is 0 Å². The number of hydrogen-bond donors (Lipinski definition) is 1. The Morgan fingerprint density at radius 1 is 1.17 bits per heavy atom. The first-order valence-corrected chi connectivity index (χ1v) is 7.76. The van der Waals surface area contributed by atoms with E-state index in [0.717, 1.165) is 25.1 Å². The standard InChI is InChI=1S/C18H21N3O2/c1-13-20-9-16(10-21-13)17(22)7-14-3-5-15(6-4-14)8-18(23-2)11-19-12-18/h3-6,9-10,19H,7-8,11-12H2,1-2H3. The average Bonchev–Trinajstić information content (AvgIpc) is 2.53. The van der Waals surface area contributed by atoms with Crippen LogP contribution in [-0.4, -0.2) is 41.6 Å². The number of ketones is 1. The monoisotopic (exact) mass is 311 g/mol. The zero-order valence-corrected chi connectivity index (χ0v) is 13.5. The Bertz CT molecular complexity index is 671. The Hall–Kier alpha value is -2.11. The van der Waals surface area contributed by atoms with Gasteiger partial charge in [-0.3, -0.25) is 4.79 Å². The van der Waals surface area contributed by atoms with Crippen LogP contribution in [0.5, 0.6) is 0 Å². The first-order valence-electron chi connectivity index (χ1n) is 7.76. The summed E-state index contributed by atoms with van der Waals surface area (Å²) in [4.78, 5) is 20.4. The highest BCUT2D eigenvalue weighted by Crippen LogP contribution is 2.22. The van der Waals surface area contributed by atoms with Crippen molar-refractivity contribution < 1.29 is 9.53 Å². The number of nitrogens with one attached hydrogen (secondary N) is 1. The third-order valence-corrected chi connectivity index (χ3v) is 4.34. The molecule has 5 nitrogen and oxygen atoms in total. The summed E-state index contributed by atoms with van der Waals surface area (Å²) in [5, 5.41) is 3.25. The Kier molecular flexibility index (Phi) is 4.50. The molecule has 1 aliphatic rings. The maximum Gasteiger partial charge on any atom is 0.170 e. The highest BCUT2D eigenvalue weighted by Gasteiger charge is 2.36. The highest BCUT2D eigenvalue weighted by atomic mass is 16.5. The Balaban J connectivity index is 1.63. The van der Waals surface area contributed by atoms with E-state index in [-0.39, 0.29) is 11.4 Å². The van der Waals surface area contributed by atoms with E-state index >= 15 is 0 Å². The molecule has 0 bridgehead atoms. The lowest BCUT2D eigenvalue weighted by Crippen LogP contribution is -2.61. The molecule has 0 amide bonds. The van der Waals surface area contributed by atoms with E-state index in [1.165, 1.54) is 5.56 Å². The molecule has 0 spiro atoms. The highest BCUT2D eigenvalue weighted by molar-refractivity contribution is 5.96. The van der Waals surface area contributed by atoms with Crippen molar-refractivity contribution in [2.75, 3.05) is 20.2 Å². The summed E-state index contributed by atoms with van der Waals surface area (Å²) in [6, 6.07) is 8.18. The number of hydrogen-bond acceptors (Lipinski definition) is 5. The van der Waals surface area contributed by atoms with Gasteiger partial charge in [-0.2, -0.15) is 0 Å². The van der Waals surface area contributed by atoms with Crippen LogP contribution in [0.15, 0.2) is 36.7 Å². The number of aryl methyl sites for hydroxylation is 1. The molecule has 5 heteroatoms. The second-order valence-corrected chi connectivity index (χ2v) is 6.10. The van der Waals surface area contributed by atoms with Crippen molar-refractivity contribution in [1.29, 1.82) is 0 Å². The number of ether oxygens (including phenoxy) is 1. The van der Waals surface area contributed by atoms with E-state index in [1.807, 2.05) is 12.1 Å². The molecular formula is C18H21N3O2. The van der Waals surface area contributed by atoms with Crippen molar-refractivity contribution in [1.82, 2.24) is 15.3 Å². The van der Waals surface area contributed by atoms with Gasteiger partial charge >= 0.3 is 0 Å². The molecule has 0 saturated carbocycles. The molecule has 0 atom stereocenters. The molecule has 1 saturated heterocycles. The van der Waals surface area contributed by atoms with E-state index in [2.05, 4.69) is 27.4 Å². The summed E-state index contributed by atoms with van der Waals surface area (Å²) in [7, 11) is 1.76. The van der Waals surface area contributed by atoms with Gasteiger partial charge in [-0.1, -0.05) is 24.3 Å². The van der Waals surface area contributed by atoms with Crippen molar-refractivity contribution in [2.45, 2.75) is 25.4 Å². The van der Waals surface area contributed by atoms with Gasteiger partial charge in [0.1, 0.15) is 5.82 Å². The van der Waals surface area contributed by atoms with Crippen LogP contribution in [0.2, 0.25) is 0 Å². The minimum atomic E-state index is -0.0728. The molecule has 2 heterocycles. The lowest BCUT2D eigenvalue weighted by Gasteiger charge is -2.41. The third kappa shape index (κ3) is 3.63. The van der Waals surface area contributed by atoms with E-state index in [4.69, 9.17) is 4.74 Å². The second kappa shape index (κ2) is 6.56. The van der Waals surface area contributed by atoms with E-state index in [1.54, 1.807) is 26.4 Å². The predicted molar refractivity (Wildman–Crippen MR) is 87.6 cm³/mol. The molecule has 2 aromatic rings. The number of aromatic nitrogens is 2. The Morgan fingerprint density at radius 3 is 2.30 bits per heavy atom. The van der Waals surface area contributed by atoms with Crippen LogP contribution < -0.4 is 5.32 Å². The van der Waals surface area contributed by atoms with Crippen molar-refractivity contribution in [3.05, 3.63) is 59.2 Å². The molecule has 1 aromatic carbocycles. The maximum absolute atomic E-state index is 12.2. The average molecular weight is 311 g/mol. The first-order chi connectivity index (χ1) is 11.1. The molecule has 0 aliphatic carbocycles. The van der Waals surface area contributed by atoms with Crippen LogP contribution >= 0.6 is 0 Å². The van der Waals surface area contributed by atoms with Gasteiger partial charge in [0.15, 0.2) is 5.78 Å². The molecule has 1 fully saturated rings. The number of nitrogens with zero attached hydrogens (tertiary/aromatic N) is 2. The minimum Gasteiger partial charge on any atom is -0.375 e. The summed E-state index contributed by atoms with van der Waals surface area (Å²) >= 11 is 0. The zero-order valence-electron chi connectivity index (χ0n) is 13.5. The number of Topliss-reactive ketones (excluding diaryl/α,β-unsaturated/α-hetero) is 1. The second-order valence-electron chi connectivity index (χ2n) is 6.10. The molecule has 120 valence electrons. The summed E-state index contributed by atoms with van der Waals surface area (Å²) in [6.07, 6.45) is 4.43. The summed E-state index contributed by atoms with van der Waals surface area (Å²) in [6.45, 7) is 3.58. The van der Waals surface area contributed by atoms with Crippen molar-refractivity contribution in [3.8, 4) is 0 Å². The third-order valence-electron chi connectivity index (χ3n) is 4.34. The van der Waals surface area contributed by atoms with Gasteiger partial charge in [-0.05, 0) is 18.1 Å². The maximum atomic E-state index is 12.2. The summed E-state index contributed by atoms with van der Waals surface area (Å²) in [5.74, 6) is 0.706. The topological polar surface area (TPSA) is 64.1 Å². The number of methoxy groups -OCH3 is 1. The summed E-state index contributed by atoms with van der Waals surface area (Å²) in [5.41, 5.74) is 2.70. The van der Waals surface area contributed by atoms with Crippen molar-refractivity contribution in [2.24, 2.45) is 0 Å². The first kappa shape index (κ1) is 15.8. The van der Waals surface area contributed by atoms with Crippen LogP contribution in [0.4, 0.5) is 0 Å². The van der Waals surface area contributed by atoms with Gasteiger partial charge in [0.25, 0.3) is 0 Å². The van der Waals surface area contributed by atoms with E-state index in [9.17, 15) is 4.79 Å². The normalized spacial score (nSPS) is 15.9. The van der Waals surface area contributed by atoms with Gasteiger partial charge in [-0.15, -0.1) is 0 Å². The fraction of sp³-hybridized carbons (Fsp3) is 0.389. The van der Waals surface area contributed by atoms with Crippen LogP contribution in [0.1, 0.15) is 27.3 Å². The number of rotatable bonds is 6. The molecule has 1 N–H and O–H groups in total. The fourth-order valence-corrected chi connectivity index (χ4v) is 2.72. The lowest BCUT2D eigenvalue weighted by atomic mass is 9.88. The molecule has 3 rings (SSSR count). The molecule has 0 unspecified atom stereocenters. The van der Waals surface area contributed by atoms with Crippen LogP contribution in [0.25, 0.3) is 0 Å². The van der Waals surface area contributed by atoms with E-state index < -0.39 is 0 Å². The Labute approximate surface area is 136 Å². The van der Waals surface area contributed by atoms with Crippen LogP contribution in [0, 0.1) is 6.92 Å². The molecule has 1 aliphatic heterocycles. The van der Waals surface area contributed by atoms with Gasteiger partial charge in [0.05, 0.1) is 11.2 Å². The van der Waals surface area contributed by atoms with Gasteiger partial charge < -0.3 is 10.1 Å². The number of benzene rings is 1. The quantitative estimate of drug-likeness (QED) is 0.823. The van der Waals surface area contributed by atoms with Gasteiger partial charge in [0, 0.05) is 45.4 Å². The number of carbonyl (C=O) groups excluding carboxylic acids is 1. The lowest BCUT2D eigenvalue weighted by molar-refractivity contribution is -0.0502. The molecule has 23 heavy (non-hydrogen) atoms. The SMILES string of the molecule is COC1(Cc2ccc(CC(=O)c3cnc(C)nc3)cc2)CNC1. The zero-order chi connectivity index (χ0) is 16.3. The fourth-order valence-electron chi connectivity index (χ4n) is 2.72. The van der Waals surface area contributed by atoms with Crippen LogP contribution in [-0.2, 0) is 17.6 Å². The Morgan fingerprint density at radius 2 is 1.78 bits per heavy atom. The molecule has 0 radical (unpaired) electrons. The molecular weight excluding hydrogens is 290 g/mol. The molecule has 1 aromatic heterocycles. The smallest absolute Gasteiger partial charge is 0.170 e.